The van der Waals surface area contributed by atoms with Crippen molar-refractivity contribution in [1.82, 2.24) is 0 Å². The third-order valence-corrected chi connectivity index (χ3v) is 5.49. The maximum atomic E-state index is 5.94. The predicted octanol–water partition coefficient (Wildman–Crippen LogP) is 5.10. The Morgan fingerprint density at radius 2 is 1.43 bits per heavy atom. The number of ether oxygens (including phenoxy) is 5. The highest BCUT2D eigenvalue weighted by Gasteiger charge is 2.26. The number of hydrogen-bond acceptors (Lipinski definition) is 5. The second-order valence-corrected chi connectivity index (χ2v) is 7.90. The van der Waals surface area contributed by atoms with Crippen molar-refractivity contribution >= 4 is 0 Å². The lowest BCUT2D eigenvalue weighted by Crippen LogP contribution is -2.33. The molecule has 0 saturated carbocycles. The Morgan fingerprint density at radius 3 is 2.07 bits per heavy atom. The maximum absolute atomic E-state index is 5.94. The van der Waals surface area contributed by atoms with Crippen molar-refractivity contribution in [2.24, 2.45) is 11.8 Å². The quantitative estimate of drug-likeness (QED) is 0.519. The summed E-state index contributed by atoms with van der Waals surface area (Å²) >= 11 is 0. The summed E-state index contributed by atoms with van der Waals surface area (Å²) in [6.07, 6.45) is 6.64. The Bertz CT molecular complexity index is 530. The van der Waals surface area contributed by atoms with E-state index >= 15 is 0 Å². The molecule has 0 N–H and O–H groups in total. The van der Waals surface area contributed by atoms with Gasteiger partial charge in [0.2, 0.25) is 0 Å². The fourth-order valence-corrected chi connectivity index (χ4v) is 3.76. The zero-order valence-electron chi connectivity index (χ0n) is 17.4. The van der Waals surface area contributed by atoms with Crippen LogP contribution in [-0.4, -0.2) is 39.3 Å². The highest BCUT2D eigenvalue weighted by Crippen LogP contribution is 2.29. The van der Waals surface area contributed by atoms with Crippen LogP contribution in [0.2, 0.25) is 0 Å². The standard InChI is InChI=1S/C23H36O5/c1-3-5-6-7-18-14-25-22(26-15-18)13-8-19-16-27-23(28-17-19)20-9-11-21(12-10-20)24-4-2/h9-12,18-19,22-23H,3-8,13-17H2,1-2H3. The van der Waals surface area contributed by atoms with Crippen LogP contribution in [0.15, 0.2) is 24.3 Å². The van der Waals surface area contributed by atoms with Crippen LogP contribution in [0, 0.1) is 11.8 Å². The van der Waals surface area contributed by atoms with Gasteiger partial charge in [-0.1, -0.05) is 38.3 Å². The zero-order chi connectivity index (χ0) is 19.6. The van der Waals surface area contributed by atoms with Crippen LogP contribution in [0.5, 0.6) is 5.75 Å². The maximum Gasteiger partial charge on any atom is 0.183 e. The van der Waals surface area contributed by atoms with E-state index in [1.54, 1.807) is 0 Å². The zero-order valence-corrected chi connectivity index (χ0v) is 17.4. The van der Waals surface area contributed by atoms with Gasteiger partial charge in [-0.25, -0.2) is 0 Å². The van der Waals surface area contributed by atoms with E-state index in [1.807, 2.05) is 31.2 Å². The van der Waals surface area contributed by atoms with Crippen molar-refractivity contribution < 1.29 is 23.7 Å². The lowest BCUT2D eigenvalue weighted by Gasteiger charge is -2.32. The van der Waals surface area contributed by atoms with Crippen LogP contribution < -0.4 is 4.74 Å². The van der Waals surface area contributed by atoms with Crippen LogP contribution >= 0.6 is 0 Å². The van der Waals surface area contributed by atoms with Gasteiger partial charge in [0.05, 0.1) is 33.0 Å². The molecule has 0 radical (unpaired) electrons. The summed E-state index contributed by atoms with van der Waals surface area (Å²) in [7, 11) is 0. The van der Waals surface area contributed by atoms with E-state index in [9.17, 15) is 0 Å². The SMILES string of the molecule is CCCCCC1COC(CCC2COC(c3ccc(OCC)cc3)OC2)OC1. The summed E-state index contributed by atoms with van der Waals surface area (Å²) in [5, 5.41) is 0. The van der Waals surface area contributed by atoms with Crippen molar-refractivity contribution in [2.75, 3.05) is 33.0 Å². The van der Waals surface area contributed by atoms with Crippen LogP contribution in [-0.2, 0) is 18.9 Å². The molecule has 0 aromatic heterocycles. The molecule has 0 atom stereocenters. The first-order chi connectivity index (χ1) is 13.8. The fraction of sp³-hybridized carbons (Fsp3) is 0.739. The summed E-state index contributed by atoms with van der Waals surface area (Å²) in [6.45, 7) is 8.00. The topological polar surface area (TPSA) is 46.2 Å². The van der Waals surface area contributed by atoms with Gasteiger partial charge in [0.15, 0.2) is 12.6 Å². The van der Waals surface area contributed by atoms with Crippen LogP contribution in [0.1, 0.15) is 64.2 Å². The Kier molecular flexibility index (Phi) is 9.06. The fourth-order valence-electron chi connectivity index (χ4n) is 3.76. The van der Waals surface area contributed by atoms with E-state index in [2.05, 4.69) is 6.92 Å². The minimum atomic E-state index is -0.280. The minimum absolute atomic E-state index is 0.0636. The van der Waals surface area contributed by atoms with Crippen LogP contribution in [0.25, 0.3) is 0 Å². The highest BCUT2D eigenvalue weighted by molar-refractivity contribution is 5.28. The van der Waals surface area contributed by atoms with Crippen molar-refractivity contribution in [3.63, 3.8) is 0 Å². The van der Waals surface area contributed by atoms with Crippen molar-refractivity contribution in [3.8, 4) is 5.75 Å². The van der Waals surface area contributed by atoms with E-state index in [0.717, 1.165) is 37.4 Å². The number of unbranched alkanes of at least 4 members (excludes halogenated alkanes) is 2. The number of benzene rings is 1. The van der Waals surface area contributed by atoms with Crippen molar-refractivity contribution in [1.29, 1.82) is 0 Å². The average Bonchev–Trinajstić information content (AvgIpc) is 2.75. The molecule has 2 saturated heterocycles. The average molecular weight is 393 g/mol. The third kappa shape index (κ3) is 6.73. The Morgan fingerprint density at radius 1 is 0.786 bits per heavy atom. The Labute approximate surface area is 169 Å². The molecule has 158 valence electrons. The molecule has 2 aliphatic rings. The monoisotopic (exact) mass is 392 g/mol. The molecule has 5 heteroatoms. The van der Waals surface area contributed by atoms with Gasteiger partial charge in [-0.2, -0.15) is 0 Å². The molecule has 2 aliphatic heterocycles. The lowest BCUT2D eigenvalue weighted by molar-refractivity contribution is -0.220. The van der Waals surface area contributed by atoms with Crippen LogP contribution in [0.4, 0.5) is 0 Å². The molecule has 0 unspecified atom stereocenters. The van der Waals surface area contributed by atoms with Gasteiger partial charge in [-0.3, -0.25) is 0 Å². The Hall–Kier alpha value is -1.14. The molecule has 28 heavy (non-hydrogen) atoms. The third-order valence-electron chi connectivity index (χ3n) is 5.49. The number of rotatable bonds is 10. The molecule has 5 nitrogen and oxygen atoms in total. The molecule has 0 spiro atoms. The molecule has 0 bridgehead atoms. The molecular weight excluding hydrogens is 356 g/mol. The molecule has 1 aromatic rings. The summed E-state index contributed by atoms with van der Waals surface area (Å²) in [6, 6.07) is 7.95. The molecule has 1 aromatic carbocycles. The van der Waals surface area contributed by atoms with E-state index in [1.165, 1.54) is 25.7 Å². The molecule has 0 amide bonds. The predicted molar refractivity (Wildman–Crippen MR) is 108 cm³/mol. The highest BCUT2D eigenvalue weighted by atomic mass is 16.7. The van der Waals surface area contributed by atoms with Gasteiger partial charge in [0.1, 0.15) is 5.75 Å². The summed E-state index contributed by atoms with van der Waals surface area (Å²) in [4.78, 5) is 0. The minimum Gasteiger partial charge on any atom is -0.494 e. The molecular formula is C23H36O5. The van der Waals surface area contributed by atoms with Crippen molar-refractivity contribution in [2.45, 2.75) is 65.0 Å². The van der Waals surface area contributed by atoms with E-state index in [0.29, 0.717) is 31.7 Å². The van der Waals surface area contributed by atoms with E-state index in [4.69, 9.17) is 23.7 Å². The molecule has 0 aliphatic carbocycles. The van der Waals surface area contributed by atoms with Gasteiger partial charge in [0, 0.05) is 17.4 Å². The Balaban J connectivity index is 1.31. The summed E-state index contributed by atoms with van der Waals surface area (Å²) in [5.74, 6) is 1.84. The van der Waals surface area contributed by atoms with Gasteiger partial charge < -0.3 is 23.7 Å². The van der Waals surface area contributed by atoms with Crippen LogP contribution in [0.3, 0.4) is 0 Å². The smallest absolute Gasteiger partial charge is 0.183 e. The summed E-state index contributed by atoms with van der Waals surface area (Å²) < 4.78 is 29.2. The lowest BCUT2D eigenvalue weighted by atomic mass is 10.0. The van der Waals surface area contributed by atoms with Crippen molar-refractivity contribution in [3.05, 3.63) is 29.8 Å². The summed E-state index contributed by atoms with van der Waals surface area (Å²) in [5.41, 5.74) is 1.04. The first-order valence-electron chi connectivity index (χ1n) is 11.0. The molecule has 2 fully saturated rings. The largest absolute Gasteiger partial charge is 0.494 e. The molecule has 2 heterocycles. The first-order valence-corrected chi connectivity index (χ1v) is 11.0. The number of hydrogen-bond donors (Lipinski definition) is 0. The van der Waals surface area contributed by atoms with Gasteiger partial charge >= 0.3 is 0 Å². The van der Waals surface area contributed by atoms with E-state index < -0.39 is 0 Å². The second kappa shape index (κ2) is 11.8. The van der Waals surface area contributed by atoms with Gasteiger partial charge in [-0.15, -0.1) is 0 Å². The first kappa shape index (κ1) is 21.6. The second-order valence-electron chi connectivity index (χ2n) is 7.90. The normalized spacial score (nSPS) is 28.2. The van der Waals surface area contributed by atoms with Gasteiger partial charge in [0.25, 0.3) is 0 Å². The van der Waals surface area contributed by atoms with E-state index in [-0.39, 0.29) is 12.6 Å². The van der Waals surface area contributed by atoms with Gasteiger partial charge in [-0.05, 0) is 38.3 Å². The molecule has 3 rings (SSSR count).